The van der Waals surface area contributed by atoms with Crippen LogP contribution in [0.2, 0.25) is 0 Å². The first-order valence-corrected chi connectivity index (χ1v) is 10.8. The van der Waals surface area contributed by atoms with Gasteiger partial charge in [0.2, 0.25) is 0 Å². The minimum atomic E-state index is -0.0569. The number of likely N-dealkylation sites (N-methyl/N-ethyl adjacent to an activating group) is 1. The first kappa shape index (κ1) is 18.0. The second-order valence-electron chi connectivity index (χ2n) is 10.3. The number of carbonyl (C=O) groups excluding carboxylic acids is 1. The second kappa shape index (κ2) is 6.34. The highest BCUT2D eigenvalue weighted by Gasteiger charge is 2.60. The van der Waals surface area contributed by atoms with E-state index < -0.39 is 0 Å². The smallest absolute Gasteiger partial charge is 0.150 e. The number of hydrogen-bond acceptors (Lipinski definition) is 3. The molecule has 4 aliphatic rings. The molecule has 25 heavy (non-hydrogen) atoms. The van der Waals surface area contributed by atoms with Gasteiger partial charge in [0, 0.05) is 5.92 Å². The lowest BCUT2D eigenvalue weighted by molar-refractivity contribution is -0.139. The molecular formula is C22H37NO2. The number of fused-ring (bicyclic) bond motifs is 5. The molecule has 142 valence electrons. The van der Waals surface area contributed by atoms with Crippen molar-refractivity contribution in [3.63, 3.8) is 0 Å². The number of nitrogens with one attached hydrogen (secondary N) is 1. The maximum atomic E-state index is 12.7. The first-order chi connectivity index (χ1) is 11.9. The molecule has 8 atom stereocenters. The monoisotopic (exact) mass is 347 g/mol. The molecule has 0 radical (unpaired) electrons. The number of aliphatic hydroxyl groups excluding tert-OH is 1. The van der Waals surface area contributed by atoms with Gasteiger partial charge in [-0.25, -0.2) is 0 Å². The Morgan fingerprint density at radius 2 is 1.72 bits per heavy atom. The van der Waals surface area contributed by atoms with E-state index in [1.54, 1.807) is 0 Å². The van der Waals surface area contributed by atoms with Crippen molar-refractivity contribution in [2.24, 2.45) is 40.4 Å². The zero-order valence-electron chi connectivity index (χ0n) is 16.4. The van der Waals surface area contributed by atoms with Crippen molar-refractivity contribution < 1.29 is 9.90 Å². The lowest BCUT2D eigenvalue weighted by atomic mass is 9.44. The molecule has 0 heterocycles. The molecule has 0 aromatic carbocycles. The third-order valence-corrected chi connectivity index (χ3v) is 9.38. The average Bonchev–Trinajstić information content (AvgIpc) is 2.93. The van der Waals surface area contributed by atoms with Gasteiger partial charge in [-0.05, 0) is 99.3 Å². The SMILES string of the molecule is CNCC(=O)[C@H]1CCC2C3CCC4C[C@@H](O)CC[C@]4(C)C3CC[C@@]21C. The molecule has 0 aromatic rings. The Balaban J connectivity index is 1.57. The summed E-state index contributed by atoms with van der Waals surface area (Å²) in [5.74, 6) is 3.86. The maximum absolute atomic E-state index is 12.7. The molecule has 4 fully saturated rings. The topological polar surface area (TPSA) is 49.3 Å². The van der Waals surface area contributed by atoms with Gasteiger partial charge in [0.25, 0.3) is 0 Å². The molecule has 0 amide bonds. The maximum Gasteiger partial charge on any atom is 0.150 e. The quantitative estimate of drug-likeness (QED) is 0.816. The number of rotatable bonds is 3. The predicted molar refractivity (Wildman–Crippen MR) is 100 cm³/mol. The molecule has 4 rings (SSSR count). The summed E-state index contributed by atoms with van der Waals surface area (Å²) in [5.41, 5.74) is 0.684. The Morgan fingerprint density at radius 3 is 2.48 bits per heavy atom. The van der Waals surface area contributed by atoms with E-state index in [9.17, 15) is 9.90 Å². The van der Waals surface area contributed by atoms with Crippen molar-refractivity contribution in [1.29, 1.82) is 0 Å². The highest BCUT2D eigenvalue weighted by molar-refractivity contribution is 5.84. The summed E-state index contributed by atoms with van der Waals surface area (Å²) in [6.45, 7) is 5.53. The van der Waals surface area contributed by atoms with E-state index in [4.69, 9.17) is 0 Å². The molecule has 0 aliphatic heterocycles. The Labute approximate surface area is 153 Å². The highest BCUT2D eigenvalue weighted by Crippen LogP contribution is 2.67. The standard InChI is InChI=1S/C22H37NO2/c1-21-10-8-15(24)12-14(21)4-5-16-17-6-7-19(20(25)13-23-3)22(17,2)11-9-18(16)21/h14-19,23-24H,4-13H2,1-3H3/t14?,15-,16?,17?,18?,19+,21-,22-/m0/s1. The summed E-state index contributed by atoms with van der Waals surface area (Å²) in [6, 6.07) is 0. The van der Waals surface area contributed by atoms with E-state index in [1.807, 2.05) is 7.05 Å². The van der Waals surface area contributed by atoms with Crippen LogP contribution in [0.15, 0.2) is 0 Å². The lowest BCUT2D eigenvalue weighted by Gasteiger charge is -2.60. The van der Waals surface area contributed by atoms with Crippen molar-refractivity contribution in [1.82, 2.24) is 5.32 Å². The van der Waals surface area contributed by atoms with Crippen LogP contribution in [0, 0.1) is 40.4 Å². The molecule has 0 saturated heterocycles. The summed E-state index contributed by atoms with van der Waals surface area (Å²) in [7, 11) is 1.89. The van der Waals surface area contributed by atoms with Gasteiger partial charge in [0.05, 0.1) is 12.6 Å². The number of hydrogen-bond donors (Lipinski definition) is 2. The molecule has 4 unspecified atom stereocenters. The van der Waals surface area contributed by atoms with Crippen LogP contribution >= 0.6 is 0 Å². The second-order valence-corrected chi connectivity index (χ2v) is 10.3. The lowest BCUT2D eigenvalue weighted by Crippen LogP contribution is -2.54. The highest BCUT2D eigenvalue weighted by atomic mass is 16.3. The number of aliphatic hydroxyl groups is 1. The summed E-state index contributed by atoms with van der Waals surface area (Å²) in [4.78, 5) is 12.7. The average molecular weight is 348 g/mol. The Kier molecular flexibility index (Phi) is 4.56. The van der Waals surface area contributed by atoms with E-state index in [1.165, 1.54) is 38.5 Å². The molecule has 3 nitrogen and oxygen atoms in total. The first-order valence-electron chi connectivity index (χ1n) is 10.8. The van der Waals surface area contributed by atoms with Gasteiger partial charge in [-0.15, -0.1) is 0 Å². The van der Waals surface area contributed by atoms with Gasteiger partial charge < -0.3 is 10.4 Å². The molecule has 2 N–H and O–H groups in total. The van der Waals surface area contributed by atoms with Gasteiger partial charge in [0.1, 0.15) is 5.78 Å². The zero-order chi connectivity index (χ0) is 17.8. The van der Waals surface area contributed by atoms with Crippen LogP contribution in [0.3, 0.4) is 0 Å². The summed E-state index contributed by atoms with van der Waals surface area (Å²) in [6.07, 6.45) is 10.8. The molecule has 0 bridgehead atoms. The van der Waals surface area contributed by atoms with Gasteiger partial charge in [-0.1, -0.05) is 13.8 Å². The van der Waals surface area contributed by atoms with Crippen LogP contribution < -0.4 is 5.32 Å². The third-order valence-electron chi connectivity index (χ3n) is 9.38. The summed E-state index contributed by atoms with van der Waals surface area (Å²) < 4.78 is 0. The molecule has 4 saturated carbocycles. The van der Waals surface area contributed by atoms with E-state index >= 15 is 0 Å². The van der Waals surface area contributed by atoms with Crippen LogP contribution in [0.1, 0.15) is 71.6 Å². The Morgan fingerprint density at radius 1 is 1.00 bits per heavy atom. The van der Waals surface area contributed by atoms with Gasteiger partial charge >= 0.3 is 0 Å². The molecule has 4 aliphatic carbocycles. The number of carbonyl (C=O) groups is 1. The largest absolute Gasteiger partial charge is 0.393 e. The summed E-state index contributed by atoms with van der Waals surface area (Å²) >= 11 is 0. The fourth-order valence-corrected chi connectivity index (χ4v) is 8.06. The Bertz CT molecular complexity index is 534. The van der Waals surface area contributed by atoms with Crippen LogP contribution in [0.4, 0.5) is 0 Å². The predicted octanol–water partition coefficient (Wildman–Crippen LogP) is 3.79. The third kappa shape index (κ3) is 2.64. The Hall–Kier alpha value is -0.410. The van der Waals surface area contributed by atoms with Crippen LogP contribution in [-0.4, -0.2) is 30.6 Å². The van der Waals surface area contributed by atoms with Crippen LogP contribution in [0.5, 0.6) is 0 Å². The molecular weight excluding hydrogens is 310 g/mol. The zero-order valence-corrected chi connectivity index (χ0v) is 16.4. The van der Waals surface area contributed by atoms with E-state index in [2.05, 4.69) is 19.2 Å². The van der Waals surface area contributed by atoms with Crippen LogP contribution in [-0.2, 0) is 4.79 Å². The fourth-order valence-electron chi connectivity index (χ4n) is 8.06. The number of ketones is 1. The van der Waals surface area contributed by atoms with E-state index in [0.717, 1.165) is 42.9 Å². The molecule has 0 spiro atoms. The van der Waals surface area contributed by atoms with E-state index in [0.29, 0.717) is 17.7 Å². The van der Waals surface area contributed by atoms with Gasteiger partial charge in [-0.2, -0.15) is 0 Å². The van der Waals surface area contributed by atoms with Crippen molar-refractivity contribution >= 4 is 5.78 Å². The van der Waals surface area contributed by atoms with Crippen molar-refractivity contribution in [2.75, 3.05) is 13.6 Å². The minimum absolute atomic E-state index is 0.0569. The fraction of sp³-hybridized carbons (Fsp3) is 0.955. The normalized spacial score (nSPS) is 52.2. The van der Waals surface area contributed by atoms with Crippen molar-refractivity contribution in [2.45, 2.75) is 77.7 Å². The van der Waals surface area contributed by atoms with Gasteiger partial charge in [-0.3, -0.25) is 4.79 Å². The van der Waals surface area contributed by atoms with Gasteiger partial charge in [0.15, 0.2) is 0 Å². The summed E-state index contributed by atoms with van der Waals surface area (Å²) in [5, 5.41) is 13.2. The number of Topliss-reactive ketones (excluding diaryl/α,β-unsaturated/α-hetero) is 1. The molecule has 0 aromatic heterocycles. The van der Waals surface area contributed by atoms with E-state index in [-0.39, 0.29) is 17.4 Å². The van der Waals surface area contributed by atoms with Crippen molar-refractivity contribution in [3.05, 3.63) is 0 Å². The van der Waals surface area contributed by atoms with Crippen molar-refractivity contribution in [3.8, 4) is 0 Å². The molecule has 3 heteroatoms. The van der Waals surface area contributed by atoms with Crippen LogP contribution in [0.25, 0.3) is 0 Å². The minimum Gasteiger partial charge on any atom is -0.393 e.